The molecule has 2 aliphatic heterocycles. The van der Waals surface area contributed by atoms with E-state index in [2.05, 4.69) is 0 Å². The van der Waals surface area contributed by atoms with Gasteiger partial charge in [0.2, 0.25) is 11.6 Å². The van der Waals surface area contributed by atoms with Crippen molar-refractivity contribution in [3.05, 3.63) is 29.8 Å². The van der Waals surface area contributed by atoms with Gasteiger partial charge in [-0.15, -0.1) is 0 Å². The molecular formula is C18H22N2O4. The Balaban J connectivity index is 2.22. The topological polar surface area (TPSA) is 66.9 Å². The Hall–Kier alpha value is -2.37. The van der Waals surface area contributed by atoms with E-state index in [0.29, 0.717) is 17.8 Å². The zero-order valence-corrected chi connectivity index (χ0v) is 14.2. The van der Waals surface area contributed by atoms with Crippen LogP contribution in [0.25, 0.3) is 0 Å². The molecule has 1 unspecified atom stereocenters. The molecule has 3 rings (SSSR count). The van der Waals surface area contributed by atoms with E-state index in [0.717, 1.165) is 0 Å². The maximum Gasteiger partial charge on any atom is 0.353 e. The molecule has 0 radical (unpaired) electrons. The Labute approximate surface area is 141 Å². The monoisotopic (exact) mass is 330 g/mol. The van der Waals surface area contributed by atoms with Gasteiger partial charge in [0.05, 0.1) is 17.9 Å². The van der Waals surface area contributed by atoms with E-state index >= 15 is 0 Å². The van der Waals surface area contributed by atoms with Crippen LogP contribution < -0.4 is 4.90 Å². The van der Waals surface area contributed by atoms with Gasteiger partial charge < -0.3 is 9.64 Å². The third-order valence-corrected chi connectivity index (χ3v) is 4.52. The lowest BCUT2D eigenvalue weighted by Gasteiger charge is -2.48. The summed E-state index contributed by atoms with van der Waals surface area (Å²) < 4.78 is 5.28. The molecule has 6 nitrogen and oxygen atoms in total. The van der Waals surface area contributed by atoms with Crippen molar-refractivity contribution >= 4 is 23.5 Å². The van der Waals surface area contributed by atoms with Crippen LogP contribution >= 0.6 is 0 Å². The molecule has 24 heavy (non-hydrogen) atoms. The molecule has 0 saturated carbocycles. The third kappa shape index (κ3) is 2.20. The number of nitrogens with zero attached hydrogens (tertiary/aromatic N) is 2. The van der Waals surface area contributed by atoms with Crippen LogP contribution in [0, 0.1) is 5.92 Å². The summed E-state index contributed by atoms with van der Waals surface area (Å²) in [5.41, 5.74) is -0.408. The highest BCUT2D eigenvalue weighted by atomic mass is 16.5. The lowest BCUT2D eigenvalue weighted by Crippen LogP contribution is -2.69. The van der Waals surface area contributed by atoms with Crippen LogP contribution in [-0.4, -0.2) is 41.5 Å². The maximum absolute atomic E-state index is 13.1. The molecule has 1 atom stereocenters. The van der Waals surface area contributed by atoms with E-state index in [4.69, 9.17) is 4.74 Å². The summed E-state index contributed by atoms with van der Waals surface area (Å²) in [6.07, 6.45) is 0.479. The number of carbonyl (C=O) groups is 3. The van der Waals surface area contributed by atoms with Gasteiger partial charge in [-0.3, -0.25) is 14.5 Å². The number of anilines is 1. The van der Waals surface area contributed by atoms with Crippen LogP contribution in [0.3, 0.4) is 0 Å². The fraction of sp³-hybridized carbons (Fsp3) is 0.500. The minimum absolute atomic E-state index is 0.156. The van der Waals surface area contributed by atoms with Gasteiger partial charge in [-0.1, -0.05) is 26.0 Å². The van der Waals surface area contributed by atoms with Crippen LogP contribution in [0.2, 0.25) is 0 Å². The summed E-state index contributed by atoms with van der Waals surface area (Å²) in [6, 6.07) is 6.96. The second-order valence-corrected chi connectivity index (χ2v) is 6.59. The van der Waals surface area contributed by atoms with Crippen molar-refractivity contribution in [2.75, 3.05) is 18.1 Å². The number of esters is 1. The fourth-order valence-corrected chi connectivity index (χ4v) is 3.61. The molecule has 2 amide bonds. The molecular weight excluding hydrogens is 308 g/mol. The van der Waals surface area contributed by atoms with Gasteiger partial charge in [-0.2, -0.15) is 0 Å². The summed E-state index contributed by atoms with van der Waals surface area (Å²) in [6.45, 7) is 6.27. The molecule has 1 aromatic rings. The molecule has 1 fully saturated rings. The predicted molar refractivity (Wildman–Crippen MR) is 88.4 cm³/mol. The van der Waals surface area contributed by atoms with E-state index < -0.39 is 11.6 Å². The van der Waals surface area contributed by atoms with Gasteiger partial charge in [0.25, 0.3) is 5.91 Å². The second kappa shape index (κ2) is 5.92. The number of ether oxygens (including phenoxy) is 1. The quantitative estimate of drug-likeness (QED) is 0.794. The van der Waals surface area contributed by atoms with Gasteiger partial charge in [0.15, 0.2) is 0 Å². The normalized spacial score (nSPS) is 22.7. The van der Waals surface area contributed by atoms with Crippen molar-refractivity contribution in [3.8, 4) is 0 Å². The minimum Gasteiger partial charge on any atom is -0.463 e. The molecule has 0 bridgehead atoms. The maximum atomic E-state index is 13.1. The van der Waals surface area contributed by atoms with Gasteiger partial charge in [0.1, 0.15) is 0 Å². The minimum atomic E-state index is -1.36. The van der Waals surface area contributed by atoms with Crippen LogP contribution in [0.1, 0.15) is 44.0 Å². The summed E-state index contributed by atoms with van der Waals surface area (Å²) >= 11 is 0. The lowest BCUT2D eigenvalue weighted by molar-refractivity contribution is -0.157. The first-order valence-corrected chi connectivity index (χ1v) is 8.34. The average molecular weight is 330 g/mol. The number of rotatable bonds is 4. The van der Waals surface area contributed by atoms with Crippen LogP contribution in [0.15, 0.2) is 24.3 Å². The molecule has 2 aliphatic rings. The predicted octanol–water partition coefficient (Wildman–Crippen LogP) is 2.18. The van der Waals surface area contributed by atoms with Crippen LogP contribution in [0.5, 0.6) is 0 Å². The van der Waals surface area contributed by atoms with E-state index in [-0.39, 0.29) is 37.2 Å². The average Bonchev–Trinajstić information content (AvgIpc) is 2.90. The first-order chi connectivity index (χ1) is 11.4. The van der Waals surface area contributed by atoms with Crippen molar-refractivity contribution in [1.29, 1.82) is 0 Å². The second-order valence-electron chi connectivity index (χ2n) is 6.59. The van der Waals surface area contributed by atoms with E-state index in [9.17, 15) is 14.4 Å². The van der Waals surface area contributed by atoms with Gasteiger partial charge in [-0.05, 0) is 25.0 Å². The SMILES string of the molecule is CCOC(=O)C12CCC(=O)N1c1ccccc1C(=O)N2CC(C)C. The third-order valence-electron chi connectivity index (χ3n) is 4.52. The molecule has 0 spiro atoms. The molecule has 0 aromatic heterocycles. The number of hydrogen-bond acceptors (Lipinski definition) is 4. The largest absolute Gasteiger partial charge is 0.463 e. The van der Waals surface area contributed by atoms with Crippen molar-refractivity contribution in [2.45, 2.75) is 39.3 Å². The summed E-state index contributed by atoms with van der Waals surface area (Å²) in [5.74, 6) is -0.752. The van der Waals surface area contributed by atoms with Gasteiger partial charge >= 0.3 is 5.97 Å². The Morgan fingerprint density at radius 3 is 2.67 bits per heavy atom. The number of fused-ring (bicyclic) bond motifs is 3. The summed E-state index contributed by atoms with van der Waals surface area (Å²) in [5, 5.41) is 0. The first-order valence-electron chi connectivity index (χ1n) is 8.34. The number of benzene rings is 1. The Bertz CT molecular complexity index is 700. The molecule has 0 aliphatic carbocycles. The zero-order chi connectivity index (χ0) is 17.5. The highest BCUT2D eigenvalue weighted by molar-refractivity contribution is 6.15. The van der Waals surface area contributed by atoms with Crippen molar-refractivity contribution in [3.63, 3.8) is 0 Å². The van der Waals surface area contributed by atoms with Crippen molar-refractivity contribution in [2.24, 2.45) is 5.92 Å². The van der Waals surface area contributed by atoms with Crippen LogP contribution in [-0.2, 0) is 14.3 Å². The Morgan fingerprint density at radius 1 is 1.29 bits per heavy atom. The van der Waals surface area contributed by atoms with Crippen molar-refractivity contribution < 1.29 is 19.1 Å². The lowest BCUT2D eigenvalue weighted by atomic mass is 9.95. The van der Waals surface area contributed by atoms with Crippen molar-refractivity contribution in [1.82, 2.24) is 4.90 Å². The highest BCUT2D eigenvalue weighted by Gasteiger charge is 2.61. The number of amides is 2. The zero-order valence-electron chi connectivity index (χ0n) is 14.2. The molecule has 2 heterocycles. The van der Waals surface area contributed by atoms with E-state index in [1.807, 2.05) is 13.8 Å². The van der Waals surface area contributed by atoms with E-state index in [1.54, 1.807) is 31.2 Å². The first kappa shape index (κ1) is 16.5. The smallest absolute Gasteiger partial charge is 0.353 e. The van der Waals surface area contributed by atoms with Gasteiger partial charge in [-0.25, -0.2) is 4.79 Å². The van der Waals surface area contributed by atoms with Crippen LogP contribution in [0.4, 0.5) is 5.69 Å². The molecule has 1 saturated heterocycles. The standard InChI is InChI=1S/C18H22N2O4/c1-4-24-17(23)18-10-9-15(21)20(18)14-8-6-5-7-13(14)16(22)19(18)11-12(2)3/h5-8,12H,4,9-11H2,1-3H3. The summed E-state index contributed by atoms with van der Waals surface area (Å²) in [7, 11) is 0. The van der Waals surface area contributed by atoms with Gasteiger partial charge in [0, 0.05) is 19.4 Å². The number of carbonyl (C=O) groups excluding carboxylic acids is 3. The molecule has 1 aromatic carbocycles. The molecule has 6 heteroatoms. The number of hydrogen-bond donors (Lipinski definition) is 0. The highest BCUT2D eigenvalue weighted by Crippen LogP contribution is 2.45. The Morgan fingerprint density at radius 2 is 2.00 bits per heavy atom. The molecule has 0 N–H and O–H groups in total. The number of para-hydroxylation sites is 1. The van der Waals surface area contributed by atoms with E-state index in [1.165, 1.54) is 9.80 Å². The summed E-state index contributed by atoms with van der Waals surface area (Å²) in [4.78, 5) is 41.6. The fourth-order valence-electron chi connectivity index (χ4n) is 3.61. The Kier molecular flexibility index (Phi) is 4.07. The molecule has 128 valence electrons.